The van der Waals surface area contributed by atoms with E-state index >= 15 is 0 Å². The zero-order chi connectivity index (χ0) is 10.8. The van der Waals surface area contributed by atoms with Crippen LogP contribution >= 0.6 is 0 Å². The third-order valence-corrected chi connectivity index (χ3v) is 1.92. The van der Waals surface area contributed by atoms with Crippen LogP contribution in [0.5, 0.6) is 0 Å². The Morgan fingerprint density at radius 1 is 1.40 bits per heavy atom. The van der Waals surface area contributed by atoms with E-state index < -0.39 is 5.97 Å². The Bertz CT molecular complexity index is 492. The molecule has 0 amide bonds. The molecule has 0 saturated carbocycles. The fraction of sp³-hybridized carbons (Fsp3) is 0.111. The Labute approximate surface area is 85.0 Å². The quantitative estimate of drug-likeness (QED) is 0.757. The number of carboxylic acid groups (broad SMARTS) is 1. The zero-order valence-corrected chi connectivity index (χ0v) is 7.93. The highest BCUT2D eigenvalue weighted by Crippen LogP contribution is 2.15. The lowest BCUT2D eigenvalue weighted by Crippen LogP contribution is -1.98. The first-order valence-corrected chi connectivity index (χ1v) is 4.24. The second-order valence-electron chi connectivity index (χ2n) is 2.99. The SMILES string of the molecule is Cc1[nH]c(-c2cncnc2)nc1C(=O)O. The number of aromatic carboxylic acids is 1. The molecule has 0 saturated heterocycles. The van der Waals surface area contributed by atoms with E-state index in [1.807, 2.05) is 0 Å². The average molecular weight is 204 g/mol. The molecule has 0 aliphatic rings. The topological polar surface area (TPSA) is 91.8 Å². The summed E-state index contributed by atoms with van der Waals surface area (Å²) in [7, 11) is 0. The van der Waals surface area contributed by atoms with Gasteiger partial charge in [0.15, 0.2) is 5.69 Å². The highest BCUT2D eigenvalue weighted by molar-refractivity contribution is 5.87. The van der Waals surface area contributed by atoms with E-state index in [0.717, 1.165) is 0 Å². The standard InChI is InChI=1S/C9H8N4O2/c1-5-7(9(14)15)13-8(12-5)6-2-10-4-11-3-6/h2-4H,1H3,(H,12,13)(H,14,15). The summed E-state index contributed by atoms with van der Waals surface area (Å²) in [5, 5.41) is 8.81. The van der Waals surface area contributed by atoms with Crippen molar-refractivity contribution in [2.45, 2.75) is 6.92 Å². The summed E-state index contributed by atoms with van der Waals surface area (Å²) in [5.41, 5.74) is 1.20. The number of nitrogens with zero attached hydrogens (tertiary/aromatic N) is 3. The van der Waals surface area contributed by atoms with Gasteiger partial charge in [0.25, 0.3) is 0 Å². The molecule has 6 nitrogen and oxygen atoms in total. The Kier molecular flexibility index (Phi) is 2.17. The fourth-order valence-electron chi connectivity index (χ4n) is 1.23. The normalized spacial score (nSPS) is 10.2. The van der Waals surface area contributed by atoms with E-state index in [4.69, 9.17) is 5.11 Å². The number of aryl methyl sites for hydroxylation is 1. The van der Waals surface area contributed by atoms with Gasteiger partial charge in [0.2, 0.25) is 0 Å². The third kappa shape index (κ3) is 1.69. The van der Waals surface area contributed by atoms with Gasteiger partial charge in [0, 0.05) is 18.1 Å². The summed E-state index contributed by atoms with van der Waals surface area (Å²) < 4.78 is 0. The smallest absolute Gasteiger partial charge is 0.356 e. The van der Waals surface area contributed by atoms with E-state index in [1.54, 1.807) is 19.3 Å². The van der Waals surface area contributed by atoms with Gasteiger partial charge in [-0.15, -0.1) is 0 Å². The molecule has 2 heterocycles. The minimum Gasteiger partial charge on any atom is -0.476 e. The number of hydrogen-bond acceptors (Lipinski definition) is 4. The highest BCUT2D eigenvalue weighted by Gasteiger charge is 2.14. The van der Waals surface area contributed by atoms with Crippen LogP contribution in [0.15, 0.2) is 18.7 Å². The van der Waals surface area contributed by atoms with Crippen LogP contribution in [0, 0.1) is 6.92 Å². The Morgan fingerprint density at radius 3 is 2.60 bits per heavy atom. The van der Waals surface area contributed by atoms with E-state index in [0.29, 0.717) is 17.1 Å². The molecule has 0 fully saturated rings. The minimum absolute atomic E-state index is 0.0221. The molecular formula is C9H8N4O2. The van der Waals surface area contributed by atoms with Crippen molar-refractivity contribution in [3.05, 3.63) is 30.1 Å². The maximum atomic E-state index is 10.8. The van der Waals surface area contributed by atoms with Gasteiger partial charge in [-0.2, -0.15) is 0 Å². The molecule has 2 aromatic heterocycles. The Hall–Kier alpha value is -2.24. The van der Waals surface area contributed by atoms with Crippen LogP contribution in [0.2, 0.25) is 0 Å². The lowest BCUT2D eigenvalue weighted by molar-refractivity contribution is 0.0690. The van der Waals surface area contributed by atoms with E-state index in [9.17, 15) is 4.79 Å². The number of hydrogen-bond donors (Lipinski definition) is 2. The van der Waals surface area contributed by atoms with Gasteiger partial charge in [-0.1, -0.05) is 0 Å². The molecule has 15 heavy (non-hydrogen) atoms. The summed E-state index contributed by atoms with van der Waals surface area (Å²) in [6.07, 6.45) is 4.53. The molecule has 6 heteroatoms. The van der Waals surface area contributed by atoms with Gasteiger partial charge in [0.05, 0.1) is 5.56 Å². The third-order valence-electron chi connectivity index (χ3n) is 1.92. The second kappa shape index (κ2) is 3.49. The van der Waals surface area contributed by atoms with Crippen molar-refractivity contribution in [1.29, 1.82) is 0 Å². The van der Waals surface area contributed by atoms with Crippen molar-refractivity contribution in [1.82, 2.24) is 19.9 Å². The molecule has 2 N–H and O–H groups in total. The predicted molar refractivity (Wildman–Crippen MR) is 51.3 cm³/mol. The molecule has 0 aliphatic heterocycles. The monoisotopic (exact) mass is 204 g/mol. The average Bonchev–Trinajstić information content (AvgIpc) is 2.62. The number of carbonyl (C=O) groups is 1. The Balaban J connectivity index is 2.48. The largest absolute Gasteiger partial charge is 0.476 e. The fourth-order valence-corrected chi connectivity index (χ4v) is 1.23. The zero-order valence-electron chi connectivity index (χ0n) is 7.93. The van der Waals surface area contributed by atoms with Crippen LogP contribution in [-0.4, -0.2) is 31.0 Å². The van der Waals surface area contributed by atoms with Crippen LogP contribution in [0.25, 0.3) is 11.4 Å². The number of rotatable bonds is 2. The number of aromatic nitrogens is 4. The van der Waals surface area contributed by atoms with Crippen LogP contribution in [0.4, 0.5) is 0 Å². The van der Waals surface area contributed by atoms with Crippen LogP contribution < -0.4 is 0 Å². The van der Waals surface area contributed by atoms with Crippen LogP contribution in [-0.2, 0) is 0 Å². The molecule has 76 valence electrons. The number of nitrogens with one attached hydrogen (secondary N) is 1. The molecule has 2 aromatic rings. The van der Waals surface area contributed by atoms with Gasteiger partial charge in [-0.25, -0.2) is 19.7 Å². The summed E-state index contributed by atoms with van der Waals surface area (Å²) in [4.78, 5) is 25.2. The van der Waals surface area contributed by atoms with Crippen molar-refractivity contribution in [2.75, 3.05) is 0 Å². The number of imidazole rings is 1. The number of H-pyrrole nitrogens is 1. The first kappa shape index (κ1) is 9.32. The van der Waals surface area contributed by atoms with Crippen molar-refractivity contribution >= 4 is 5.97 Å². The molecular weight excluding hydrogens is 196 g/mol. The van der Waals surface area contributed by atoms with E-state index in [1.165, 1.54) is 6.33 Å². The minimum atomic E-state index is -1.05. The molecule has 0 spiro atoms. The highest BCUT2D eigenvalue weighted by atomic mass is 16.4. The lowest BCUT2D eigenvalue weighted by Gasteiger charge is -1.92. The van der Waals surface area contributed by atoms with Gasteiger partial charge >= 0.3 is 5.97 Å². The molecule has 0 radical (unpaired) electrons. The first-order chi connectivity index (χ1) is 7.18. The molecule has 0 unspecified atom stereocenters. The summed E-state index contributed by atoms with van der Waals surface area (Å²) >= 11 is 0. The lowest BCUT2D eigenvalue weighted by atomic mass is 10.3. The number of aromatic amines is 1. The van der Waals surface area contributed by atoms with E-state index in [-0.39, 0.29) is 5.69 Å². The van der Waals surface area contributed by atoms with Crippen molar-refractivity contribution in [3.63, 3.8) is 0 Å². The van der Waals surface area contributed by atoms with Gasteiger partial charge < -0.3 is 10.1 Å². The molecule has 0 atom stereocenters. The summed E-state index contributed by atoms with van der Waals surface area (Å²) in [6.45, 7) is 1.66. The molecule has 0 aliphatic carbocycles. The summed E-state index contributed by atoms with van der Waals surface area (Å²) in [6, 6.07) is 0. The van der Waals surface area contributed by atoms with Gasteiger partial charge in [-0.3, -0.25) is 0 Å². The predicted octanol–water partition coefficient (Wildman–Crippen LogP) is 0.873. The maximum Gasteiger partial charge on any atom is 0.356 e. The van der Waals surface area contributed by atoms with Crippen molar-refractivity contribution in [3.8, 4) is 11.4 Å². The Morgan fingerprint density at radius 2 is 2.07 bits per heavy atom. The first-order valence-electron chi connectivity index (χ1n) is 4.24. The van der Waals surface area contributed by atoms with Crippen molar-refractivity contribution < 1.29 is 9.90 Å². The van der Waals surface area contributed by atoms with Crippen LogP contribution in [0.3, 0.4) is 0 Å². The van der Waals surface area contributed by atoms with Crippen molar-refractivity contribution in [2.24, 2.45) is 0 Å². The van der Waals surface area contributed by atoms with Gasteiger partial charge in [0.1, 0.15) is 12.2 Å². The number of carboxylic acids is 1. The second-order valence-corrected chi connectivity index (χ2v) is 2.99. The molecule has 2 rings (SSSR count). The molecule has 0 bridgehead atoms. The van der Waals surface area contributed by atoms with Gasteiger partial charge in [-0.05, 0) is 6.92 Å². The van der Waals surface area contributed by atoms with Crippen LogP contribution in [0.1, 0.15) is 16.2 Å². The molecule has 0 aromatic carbocycles. The maximum absolute atomic E-state index is 10.8. The van der Waals surface area contributed by atoms with E-state index in [2.05, 4.69) is 19.9 Å². The summed E-state index contributed by atoms with van der Waals surface area (Å²) in [5.74, 6) is -0.586.